The van der Waals surface area contributed by atoms with Gasteiger partial charge in [0.05, 0.1) is 12.0 Å². The fourth-order valence-electron chi connectivity index (χ4n) is 3.08. The molecule has 0 atom stereocenters. The maximum Gasteiger partial charge on any atom is 0.253 e. The summed E-state index contributed by atoms with van der Waals surface area (Å²) in [5.74, 6) is 0.604. The normalized spacial score (nSPS) is 14.8. The highest BCUT2D eigenvalue weighted by Gasteiger charge is 2.21. The predicted octanol–water partition coefficient (Wildman–Crippen LogP) is 2.80. The quantitative estimate of drug-likeness (QED) is 0.826. The molecule has 1 heterocycles. The van der Waals surface area contributed by atoms with E-state index in [9.17, 15) is 13.2 Å². The molecule has 1 amide bonds. The third kappa shape index (κ3) is 4.87. The number of rotatable bonds is 6. The topological polar surface area (TPSA) is 75.7 Å². The van der Waals surface area contributed by atoms with Crippen LogP contribution in [0.5, 0.6) is 5.75 Å². The van der Waals surface area contributed by atoms with Crippen LogP contribution in [0.1, 0.15) is 35.2 Å². The van der Waals surface area contributed by atoms with Gasteiger partial charge in [0, 0.05) is 25.2 Å². The first-order valence-electron chi connectivity index (χ1n) is 9.01. The summed E-state index contributed by atoms with van der Waals surface area (Å²) < 4.78 is 32.9. The number of amides is 1. The van der Waals surface area contributed by atoms with E-state index in [4.69, 9.17) is 4.74 Å². The molecule has 1 saturated heterocycles. The smallest absolute Gasteiger partial charge is 0.253 e. The van der Waals surface area contributed by atoms with Gasteiger partial charge >= 0.3 is 0 Å². The Morgan fingerprint density at radius 1 is 1.07 bits per heavy atom. The van der Waals surface area contributed by atoms with Crippen molar-refractivity contribution in [2.24, 2.45) is 0 Å². The van der Waals surface area contributed by atoms with Gasteiger partial charge in [0.15, 0.2) is 0 Å². The van der Waals surface area contributed by atoms with Crippen LogP contribution in [0, 0.1) is 0 Å². The van der Waals surface area contributed by atoms with E-state index in [0.717, 1.165) is 37.9 Å². The number of ether oxygens (including phenoxy) is 1. The average Bonchev–Trinajstić information content (AvgIpc) is 2.73. The number of hydrogen-bond donors (Lipinski definition) is 1. The van der Waals surface area contributed by atoms with Crippen molar-refractivity contribution in [1.82, 2.24) is 9.62 Å². The first-order valence-corrected chi connectivity index (χ1v) is 10.5. The fourth-order valence-corrected chi connectivity index (χ4v) is 4.14. The van der Waals surface area contributed by atoms with Crippen molar-refractivity contribution in [3.63, 3.8) is 0 Å². The van der Waals surface area contributed by atoms with Gasteiger partial charge < -0.3 is 9.64 Å². The van der Waals surface area contributed by atoms with Crippen molar-refractivity contribution in [3.05, 3.63) is 59.7 Å². The Hall–Kier alpha value is -2.38. The molecule has 3 rings (SSSR count). The van der Waals surface area contributed by atoms with Crippen LogP contribution in [0.4, 0.5) is 0 Å². The molecule has 1 aliphatic rings. The van der Waals surface area contributed by atoms with Crippen LogP contribution in [0.25, 0.3) is 0 Å². The number of sulfonamides is 1. The molecule has 7 heteroatoms. The summed E-state index contributed by atoms with van der Waals surface area (Å²) in [6.45, 7) is 1.62. The highest BCUT2D eigenvalue weighted by Crippen LogP contribution is 2.17. The lowest BCUT2D eigenvalue weighted by Gasteiger charge is -2.26. The van der Waals surface area contributed by atoms with E-state index in [0.29, 0.717) is 11.3 Å². The first-order chi connectivity index (χ1) is 13.0. The molecular weight excluding hydrogens is 364 g/mol. The lowest BCUT2D eigenvalue weighted by molar-refractivity contribution is 0.0724. The highest BCUT2D eigenvalue weighted by molar-refractivity contribution is 7.89. The molecule has 2 aromatic carbocycles. The Bertz CT molecular complexity index is 888. The molecule has 0 unspecified atom stereocenters. The summed E-state index contributed by atoms with van der Waals surface area (Å²) in [6.07, 6.45) is 3.12. The van der Waals surface area contributed by atoms with Crippen LogP contribution in [0.3, 0.4) is 0 Å². The van der Waals surface area contributed by atoms with E-state index in [-0.39, 0.29) is 17.3 Å². The molecule has 0 aromatic heterocycles. The summed E-state index contributed by atoms with van der Waals surface area (Å²) in [7, 11) is -2.13. The van der Waals surface area contributed by atoms with Crippen molar-refractivity contribution in [1.29, 1.82) is 0 Å². The number of piperidine rings is 1. The van der Waals surface area contributed by atoms with E-state index >= 15 is 0 Å². The van der Waals surface area contributed by atoms with Gasteiger partial charge in [-0.25, -0.2) is 13.1 Å². The number of benzene rings is 2. The zero-order valence-corrected chi connectivity index (χ0v) is 16.2. The van der Waals surface area contributed by atoms with Crippen LogP contribution in [0.15, 0.2) is 53.4 Å². The molecule has 0 spiro atoms. The van der Waals surface area contributed by atoms with Crippen molar-refractivity contribution in [3.8, 4) is 5.75 Å². The second-order valence-electron chi connectivity index (χ2n) is 6.55. The third-order valence-corrected chi connectivity index (χ3v) is 6.06. The van der Waals surface area contributed by atoms with Crippen molar-refractivity contribution in [2.75, 3.05) is 20.2 Å². The second kappa shape index (κ2) is 8.54. The number of methoxy groups -OCH3 is 1. The highest BCUT2D eigenvalue weighted by atomic mass is 32.2. The van der Waals surface area contributed by atoms with Gasteiger partial charge in [0.2, 0.25) is 10.0 Å². The molecule has 0 aliphatic carbocycles. The molecule has 144 valence electrons. The Kier molecular flexibility index (Phi) is 6.13. The molecule has 1 aliphatic heterocycles. The molecule has 27 heavy (non-hydrogen) atoms. The van der Waals surface area contributed by atoms with E-state index in [1.54, 1.807) is 48.4 Å². The Morgan fingerprint density at radius 3 is 2.44 bits per heavy atom. The number of carbonyl (C=O) groups is 1. The third-order valence-electron chi connectivity index (χ3n) is 4.66. The standard InChI is InChI=1S/C20H24N2O4S/c1-26-18-10-8-16(9-11-18)15-21-27(24,25)19-7-5-6-17(14-19)20(23)22-12-3-2-4-13-22/h5-11,14,21H,2-4,12-13,15H2,1H3. The molecule has 6 nitrogen and oxygen atoms in total. The SMILES string of the molecule is COc1ccc(CNS(=O)(=O)c2cccc(C(=O)N3CCCCC3)c2)cc1. The van der Waals surface area contributed by atoms with Crippen LogP contribution in [0.2, 0.25) is 0 Å². The van der Waals surface area contributed by atoms with Gasteiger partial charge in [0.25, 0.3) is 5.91 Å². The van der Waals surface area contributed by atoms with Crippen LogP contribution < -0.4 is 9.46 Å². The number of hydrogen-bond acceptors (Lipinski definition) is 4. The molecule has 1 N–H and O–H groups in total. The Labute approximate surface area is 160 Å². The first kappa shape index (κ1) is 19.4. The van der Waals surface area contributed by atoms with E-state index in [2.05, 4.69) is 4.72 Å². The lowest BCUT2D eigenvalue weighted by Crippen LogP contribution is -2.35. The monoisotopic (exact) mass is 388 g/mol. The molecule has 0 bridgehead atoms. The van der Waals surface area contributed by atoms with Crippen molar-refractivity contribution >= 4 is 15.9 Å². The molecule has 0 saturated carbocycles. The van der Waals surface area contributed by atoms with Gasteiger partial charge in [-0.2, -0.15) is 0 Å². The molecule has 0 radical (unpaired) electrons. The van der Waals surface area contributed by atoms with Gasteiger partial charge in [-0.1, -0.05) is 18.2 Å². The van der Waals surface area contributed by atoms with E-state index in [1.807, 2.05) is 0 Å². The second-order valence-corrected chi connectivity index (χ2v) is 8.32. The molecule has 1 fully saturated rings. The summed E-state index contributed by atoms with van der Waals surface area (Å²) >= 11 is 0. The summed E-state index contributed by atoms with van der Waals surface area (Å²) in [6, 6.07) is 13.4. The Morgan fingerprint density at radius 2 is 1.78 bits per heavy atom. The number of nitrogens with one attached hydrogen (secondary N) is 1. The van der Waals surface area contributed by atoms with Crippen molar-refractivity contribution in [2.45, 2.75) is 30.7 Å². The Balaban J connectivity index is 1.71. The van der Waals surface area contributed by atoms with Crippen molar-refractivity contribution < 1.29 is 17.9 Å². The van der Waals surface area contributed by atoms with Gasteiger partial charge in [-0.15, -0.1) is 0 Å². The number of likely N-dealkylation sites (tertiary alicyclic amines) is 1. The molecular formula is C20H24N2O4S. The maximum atomic E-state index is 12.6. The zero-order valence-electron chi connectivity index (χ0n) is 15.3. The van der Waals surface area contributed by atoms with Crippen LogP contribution >= 0.6 is 0 Å². The van der Waals surface area contributed by atoms with Crippen LogP contribution in [-0.2, 0) is 16.6 Å². The van der Waals surface area contributed by atoms with Gasteiger partial charge in [-0.3, -0.25) is 4.79 Å². The van der Waals surface area contributed by atoms with E-state index in [1.165, 1.54) is 12.1 Å². The van der Waals surface area contributed by atoms with E-state index < -0.39 is 10.0 Å². The predicted molar refractivity (Wildman–Crippen MR) is 103 cm³/mol. The lowest BCUT2D eigenvalue weighted by atomic mass is 10.1. The minimum Gasteiger partial charge on any atom is -0.497 e. The van der Waals surface area contributed by atoms with Gasteiger partial charge in [-0.05, 0) is 55.2 Å². The zero-order chi connectivity index (χ0) is 19.3. The number of carbonyl (C=O) groups excluding carboxylic acids is 1. The maximum absolute atomic E-state index is 12.6. The summed E-state index contributed by atoms with van der Waals surface area (Å²) in [5.41, 5.74) is 1.23. The summed E-state index contributed by atoms with van der Waals surface area (Å²) in [5, 5.41) is 0. The minimum atomic E-state index is -3.71. The number of nitrogens with zero attached hydrogens (tertiary/aromatic N) is 1. The minimum absolute atomic E-state index is 0.0962. The largest absolute Gasteiger partial charge is 0.497 e. The summed E-state index contributed by atoms with van der Waals surface area (Å²) in [4.78, 5) is 14.5. The fraction of sp³-hybridized carbons (Fsp3) is 0.350. The average molecular weight is 388 g/mol. The van der Waals surface area contributed by atoms with Gasteiger partial charge in [0.1, 0.15) is 5.75 Å². The molecule has 2 aromatic rings. The van der Waals surface area contributed by atoms with Crippen LogP contribution in [-0.4, -0.2) is 39.4 Å².